The van der Waals surface area contributed by atoms with Crippen LogP contribution < -0.4 is 16.9 Å². The van der Waals surface area contributed by atoms with Crippen LogP contribution in [-0.4, -0.2) is 44.6 Å². The van der Waals surface area contributed by atoms with Gasteiger partial charge in [0.15, 0.2) is 5.82 Å². The van der Waals surface area contributed by atoms with Crippen molar-refractivity contribution in [1.82, 2.24) is 19.7 Å². The number of rotatable bonds is 6. The lowest BCUT2D eigenvalue weighted by molar-refractivity contribution is -0.135. The highest BCUT2D eigenvalue weighted by Gasteiger charge is 2.27. The van der Waals surface area contributed by atoms with Crippen molar-refractivity contribution in [2.24, 2.45) is 18.7 Å². The highest BCUT2D eigenvalue weighted by molar-refractivity contribution is 6.03. The minimum atomic E-state index is -0.847. The van der Waals surface area contributed by atoms with Gasteiger partial charge in [-0.1, -0.05) is 50.2 Å². The first-order valence-electron chi connectivity index (χ1n) is 15.0. The molecule has 0 bridgehead atoms. The molecule has 0 spiro atoms. The molecule has 1 aliphatic heterocycles. The quantitative estimate of drug-likeness (QED) is 0.236. The normalized spacial score (nSPS) is 13.9. The van der Waals surface area contributed by atoms with Crippen LogP contribution in [0.25, 0.3) is 44.4 Å². The summed E-state index contributed by atoms with van der Waals surface area (Å²) >= 11 is 0. The number of benzene rings is 3. The molecule has 1 fully saturated rings. The fourth-order valence-corrected chi connectivity index (χ4v) is 6.42. The lowest BCUT2D eigenvalue weighted by Gasteiger charge is -2.33. The van der Waals surface area contributed by atoms with Crippen molar-refractivity contribution >= 4 is 28.5 Å². The fourth-order valence-electron chi connectivity index (χ4n) is 6.42. The first kappa shape index (κ1) is 29.8. The molecule has 5 aromatic rings. The number of aryl methyl sites for hydroxylation is 1. The van der Waals surface area contributed by atoms with Gasteiger partial charge in [-0.3, -0.25) is 19.5 Å². The van der Waals surface area contributed by atoms with Gasteiger partial charge in [-0.2, -0.15) is 5.10 Å². The number of aromatic amines is 1. The number of aromatic nitrogens is 3. The highest BCUT2D eigenvalue weighted by atomic mass is 19.1. The second-order valence-electron chi connectivity index (χ2n) is 12.0. The number of nitrogens with zero attached hydrogens (tertiary/aromatic N) is 3. The van der Waals surface area contributed by atoms with Crippen molar-refractivity contribution < 1.29 is 14.0 Å². The maximum absolute atomic E-state index is 13.5. The molecule has 0 saturated carbocycles. The van der Waals surface area contributed by atoms with Gasteiger partial charge in [0.05, 0.1) is 16.6 Å². The van der Waals surface area contributed by atoms with Gasteiger partial charge in [-0.25, -0.2) is 4.39 Å². The van der Waals surface area contributed by atoms with Gasteiger partial charge in [0.2, 0.25) is 11.3 Å². The first-order chi connectivity index (χ1) is 21.5. The van der Waals surface area contributed by atoms with Crippen LogP contribution in [0.1, 0.15) is 48.5 Å². The minimum Gasteiger partial charge on any atom is -0.382 e. The smallest absolute Gasteiger partial charge is 0.254 e. The third-order valence-electron chi connectivity index (χ3n) is 8.74. The van der Waals surface area contributed by atoms with Crippen LogP contribution in [0, 0.1) is 11.7 Å². The van der Waals surface area contributed by atoms with Crippen molar-refractivity contribution in [2.45, 2.75) is 32.6 Å². The van der Waals surface area contributed by atoms with Crippen molar-refractivity contribution in [3.8, 4) is 33.5 Å². The van der Waals surface area contributed by atoms with Crippen molar-refractivity contribution in [2.75, 3.05) is 18.8 Å². The molecule has 5 N–H and O–H groups in total. The molecular weight excluding hydrogens is 571 g/mol. The number of primary amides is 1. The van der Waals surface area contributed by atoms with E-state index in [-0.39, 0.29) is 28.9 Å². The van der Waals surface area contributed by atoms with Crippen molar-refractivity contribution in [3.05, 3.63) is 94.0 Å². The van der Waals surface area contributed by atoms with E-state index in [4.69, 9.17) is 11.5 Å². The average molecular weight is 607 g/mol. The Kier molecular flexibility index (Phi) is 7.74. The number of piperidine rings is 1. The summed E-state index contributed by atoms with van der Waals surface area (Å²) in [5, 5.41) is 8.14. The van der Waals surface area contributed by atoms with Crippen LogP contribution in [0.2, 0.25) is 0 Å². The second-order valence-corrected chi connectivity index (χ2v) is 12.0. The Morgan fingerprint density at radius 2 is 1.56 bits per heavy atom. The Morgan fingerprint density at radius 3 is 2.18 bits per heavy atom. The monoisotopic (exact) mass is 606 g/mol. The highest BCUT2D eigenvalue weighted by Crippen LogP contribution is 2.38. The Labute approximate surface area is 259 Å². The topological polar surface area (TPSA) is 140 Å². The predicted molar refractivity (Wildman–Crippen MR) is 174 cm³/mol. The van der Waals surface area contributed by atoms with Crippen LogP contribution in [0.5, 0.6) is 0 Å². The third kappa shape index (κ3) is 5.48. The molecule has 6 rings (SSSR count). The van der Waals surface area contributed by atoms with Gasteiger partial charge < -0.3 is 20.9 Å². The van der Waals surface area contributed by atoms with E-state index in [1.807, 2.05) is 43.0 Å². The zero-order chi connectivity index (χ0) is 32.0. The number of pyridine rings is 1. The molecule has 2 aromatic heterocycles. The summed E-state index contributed by atoms with van der Waals surface area (Å²) in [5.74, 6) is -0.433. The minimum absolute atomic E-state index is 0.0188. The van der Waals surface area contributed by atoms with Crippen molar-refractivity contribution in [3.63, 3.8) is 0 Å². The van der Waals surface area contributed by atoms with E-state index in [1.165, 1.54) is 24.3 Å². The Morgan fingerprint density at radius 1 is 0.956 bits per heavy atom. The molecule has 3 aromatic carbocycles. The van der Waals surface area contributed by atoms with Crippen LogP contribution in [0.4, 0.5) is 10.2 Å². The summed E-state index contributed by atoms with van der Waals surface area (Å²) in [6, 6.07) is 17.3. The Balaban J connectivity index is 1.38. The molecule has 9 nitrogen and oxygen atoms in total. The summed E-state index contributed by atoms with van der Waals surface area (Å²) in [6.45, 7) is 5.30. The summed E-state index contributed by atoms with van der Waals surface area (Å²) in [5.41, 5.74) is 16.9. The number of anilines is 1. The zero-order valence-electron chi connectivity index (χ0n) is 25.4. The predicted octanol–water partition coefficient (Wildman–Crippen LogP) is 5.44. The standard InChI is InChI=1S/C35H35FN6O3/c1-19(2)35(45)42-14-12-20(13-15-42)24-16-26(29-28(17-24)39-40-33(29)37)21-4-6-23(7-5-21)31-30(34(38)44)32(43)27(18-41(31)3)22-8-10-25(36)11-9-22/h4-11,16-20H,12-15H2,1-3H3,(H2,38,44)(H3,37,39,40). The van der Waals surface area contributed by atoms with Crippen LogP contribution in [-0.2, 0) is 11.8 Å². The number of nitrogens with two attached hydrogens (primary N) is 2. The SMILES string of the molecule is CC(C)C(=O)N1CCC(c2cc(-c3ccc(-c4c(C(N)=O)c(=O)c(-c5ccc(F)cc5)cn4C)cc3)c3c(N)n[nH]c3c2)CC1. The van der Waals surface area contributed by atoms with Crippen LogP contribution in [0.3, 0.4) is 0 Å². The van der Waals surface area contributed by atoms with Gasteiger partial charge in [0.1, 0.15) is 11.4 Å². The molecule has 0 atom stereocenters. The number of fused-ring (bicyclic) bond motifs is 1. The molecule has 3 heterocycles. The van der Waals surface area contributed by atoms with Gasteiger partial charge in [0.25, 0.3) is 5.91 Å². The molecule has 1 aliphatic rings. The average Bonchev–Trinajstić information content (AvgIpc) is 3.41. The van der Waals surface area contributed by atoms with E-state index < -0.39 is 17.2 Å². The van der Waals surface area contributed by atoms with Gasteiger partial charge >= 0.3 is 0 Å². The number of hydrogen-bond donors (Lipinski definition) is 3. The van der Waals surface area contributed by atoms with Crippen LogP contribution >= 0.6 is 0 Å². The number of nitrogens with one attached hydrogen (secondary N) is 1. The molecule has 0 unspecified atom stereocenters. The number of carbonyl (C=O) groups is 2. The van der Waals surface area contributed by atoms with Crippen LogP contribution in [0.15, 0.2) is 71.7 Å². The van der Waals surface area contributed by atoms with E-state index >= 15 is 0 Å². The van der Waals surface area contributed by atoms with E-state index in [0.717, 1.165) is 53.5 Å². The number of H-pyrrole nitrogens is 1. The van der Waals surface area contributed by atoms with E-state index in [0.29, 0.717) is 22.6 Å². The molecule has 230 valence electrons. The molecule has 10 heteroatoms. The van der Waals surface area contributed by atoms with E-state index in [9.17, 15) is 18.8 Å². The molecule has 0 aliphatic carbocycles. The lowest BCUT2D eigenvalue weighted by atomic mass is 9.86. The second kappa shape index (κ2) is 11.7. The number of carbonyl (C=O) groups excluding carboxylic acids is 2. The fraction of sp³-hybridized carbons (Fsp3) is 0.257. The number of hydrogen-bond acceptors (Lipinski definition) is 5. The number of halogens is 1. The van der Waals surface area contributed by atoms with E-state index in [2.05, 4.69) is 22.3 Å². The largest absolute Gasteiger partial charge is 0.382 e. The van der Waals surface area contributed by atoms with Gasteiger partial charge in [-0.15, -0.1) is 0 Å². The van der Waals surface area contributed by atoms with Gasteiger partial charge in [0, 0.05) is 37.8 Å². The molecule has 2 amide bonds. The first-order valence-corrected chi connectivity index (χ1v) is 15.0. The van der Waals surface area contributed by atoms with Gasteiger partial charge in [-0.05, 0) is 70.8 Å². The molecule has 0 radical (unpaired) electrons. The summed E-state index contributed by atoms with van der Waals surface area (Å²) in [6.07, 6.45) is 3.36. The third-order valence-corrected chi connectivity index (χ3v) is 8.74. The Bertz CT molecular complexity index is 1990. The van der Waals surface area contributed by atoms with Crippen molar-refractivity contribution in [1.29, 1.82) is 0 Å². The summed E-state index contributed by atoms with van der Waals surface area (Å²) < 4.78 is 15.2. The zero-order valence-corrected chi connectivity index (χ0v) is 25.4. The summed E-state index contributed by atoms with van der Waals surface area (Å²) in [7, 11) is 1.74. The number of nitrogen functional groups attached to an aromatic ring is 1. The van der Waals surface area contributed by atoms with E-state index in [1.54, 1.807) is 17.8 Å². The number of likely N-dealkylation sites (tertiary alicyclic amines) is 1. The maximum Gasteiger partial charge on any atom is 0.254 e. The maximum atomic E-state index is 13.5. The Hall–Kier alpha value is -5.25. The lowest BCUT2D eigenvalue weighted by Crippen LogP contribution is -2.40. The number of amides is 2. The summed E-state index contributed by atoms with van der Waals surface area (Å²) in [4.78, 5) is 40.6. The molecule has 45 heavy (non-hydrogen) atoms. The molecular formula is C35H35FN6O3. The molecule has 1 saturated heterocycles.